The summed E-state index contributed by atoms with van der Waals surface area (Å²) >= 11 is 0. The molecule has 1 N–H and O–H groups in total. The number of esters is 1. The smallest absolute Gasteiger partial charge is 0.306 e. The van der Waals surface area contributed by atoms with E-state index in [2.05, 4.69) is 26.0 Å². The molecule has 0 amide bonds. The van der Waals surface area contributed by atoms with E-state index in [0.717, 1.165) is 32.1 Å². The largest absolute Gasteiger partial charge is 0.481 e. The van der Waals surface area contributed by atoms with Crippen LogP contribution in [0.4, 0.5) is 0 Å². The Kier molecular flexibility index (Phi) is 4.91. The molecule has 2 unspecified atom stereocenters. The molecule has 28 heavy (non-hydrogen) atoms. The number of fused-ring (bicyclic) bond motifs is 5. The molecule has 3 saturated carbocycles. The summed E-state index contributed by atoms with van der Waals surface area (Å²) in [6, 6.07) is 0. The third kappa shape index (κ3) is 2.93. The molecule has 0 heterocycles. The molecule has 0 aromatic carbocycles. The first-order valence-electron chi connectivity index (χ1n) is 11.2. The number of rotatable bonds is 3. The lowest BCUT2D eigenvalue weighted by molar-refractivity contribution is -0.153. The van der Waals surface area contributed by atoms with Crippen molar-refractivity contribution in [3.05, 3.63) is 12.2 Å². The van der Waals surface area contributed by atoms with E-state index in [1.165, 1.54) is 19.8 Å². The maximum absolute atomic E-state index is 11.7. The molecular weight excluding hydrogens is 352 g/mol. The van der Waals surface area contributed by atoms with E-state index >= 15 is 0 Å². The fourth-order valence-corrected chi connectivity index (χ4v) is 7.96. The van der Waals surface area contributed by atoms with Crippen molar-refractivity contribution in [2.24, 2.45) is 46.3 Å². The number of allylic oxidation sites excluding steroid dienone is 2. The van der Waals surface area contributed by atoms with Crippen molar-refractivity contribution in [2.45, 2.75) is 78.7 Å². The van der Waals surface area contributed by atoms with Gasteiger partial charge in [0.2, 0.25) is 0 Å². The van der Waals surface area contributed by atoms with E-state index in [1.54, 1.807) is 0 Å². The fourth-order valence-electron chi connectivity index (χ4n) is 7.96. The molecule has 4 heteroatoms. The van der Waals surface area contributed by atoms with Crippen LogP contribution in [0.3, 0.4) is 0 Å². The first kappa shape index (κ1) is 20.0. The summed E-state index contributed by atoms with van der Waals surface area (Å²) in [6.07, 6.45) is 12.6. The zero-order valence-corrected chi connectivity index (χ0v) is 17.8. The Hall–Kier alpha value is -1.32. The number of carbonyl (C=O) groups excluding carboxylic acids is 1. The molecule has 0 radical (unpaired) electrons. The molecule has 9 atom stereocenters. The number of aliphatic carboxylic acids is 1. The molecule has 4 aliphatic rings. The average molecular weight is 389 g/mol. The third-order valence-corrected chi connectivity index (χ3v) is 9.51. The molecule has 4 rings (SSSR count). The Morgan fingerprint density at radius 3 is 2.39 bits per heavy atom. The second-order valence-corrected chi connectivity index (χ2v) is 10.6. The molecule has 4 aliphatic carbocycles. The van der Waals surface area contributed by atoms with Crippen molar-refractivity contribution >= 4 is 11.9 Å². The van der Waals surface area contributed by atoms with Crippen molar-refractivity contribution in [3.8, 4) is 0 Å². The summed E-state index contributed by atoms with van der Waals surface area (Å²) in [6.45, 7) is 8.27. The molecule has 0 spiro atoms. The minimum absolute atomic E-state index is 0.0675. The van der Waals surface area contributed by atoms with Crippen LogP contribution in [0.15, 0.2) is 12.2 Å². The summed E-state index contributed by atoms with van der Waals surface area (Å²) in [7, 11) is 0. The maximum atomic E-state index is 11.7. The average Bonchev–Trinajstić information content (AvgIpc) is 2.98. The number of hydrogen-bond donors (Lipinski definition) is 1. The van der Waals surface area contributed by atoms with Gasteiger partial charge in [0.05, 0.1) is 5.92 Å². The van der Waals surface area contributed by atoms with Gasteiger partial charge in [0.15, 0.2) is 0 Å². The first-order valence-corrected chi connectivity index (χ1v) is 11.2. The zero-order chi connectivity index (χ0) is 20.3. The van der Waals surface area contributed by atoms with E-state index in [1.807, 2.05) is 6.92 Å². The number of carboxylic acid groups (broad SMARTS) is 1. The molecule has 0 bridgehead atoms. The highest BCUT2D eigenvalue weighted by Crippen LogP contribution is 2.66. The lowest BCUT2D eigenvalue weighted by Gasteiger charge is -2.59. The van der Waals surface area contributed by atoms with Gasteiger partial charge in [-0.05, 0) is 85.4 Å². The van der Waals surface area contributed by atoms with Crippen molar-refractivity contribution in [2.75, 3.05) is 0 Å². The molecular formula is C24H36O4. The van der Waals surface area contributed by atoms with Gasteiger partial charge >= 0.3 is 11.9 Å². The van der Waals surface area contributed by atoms with E-state index in [-0.39, 0.29) is 28.8 Å². The molecule has 3 fully saturated rings. The van der Waals surface area contributed by atoms with Crippen LogP contribution in [-0.2, 0) is 14.3 Å². The lowest BCUT2D eigenvalue weighted by atomic mass is 9.46. The van der Waals surface area contributed by atoms with Gasteiger partial charge in [-0.25, -0.2) is 0 Å². The van der Waals surface area contributed by atoms with E-state index < -0.39 is 5.97 Å². The Bertz CT molecular complexity index is 684. The zero-order valence-electron chi connectivity index (χ0n) is 17.8. The summed E-state index contributed by atoms with van der Waals surface area (Å²) in [5, 5.41) is 9.61. The van der Waals surface area contributed by atoms with Crippen LogP contribution in [0.1, 0.15) is 72.6 Å². The van der Waals surface area contributed by atoms with Crippen LogP contribution in [0, 0.1) is 46.3 Å². The van der Waals surface area contributed by atoms with Gasteiger partial charge in [0.1, 0.15) is 6.10 Å². The third-order valence-electron chi connectivity index (χ3n) is 9.51. The van der Waals surface area contributed by atoms with Gasteiger partial charge < -0.3 is 9.84 Å². The van der Waals surface area contributed by atoms with Crippen LogP contribution in [0.25, 0.3) is 0 Å². The molecule has 0 aliphatic heterocycles. The van der Waals surface area contributed by atoms with Crippen LogP contribution in [0.2, 0.25) is 0 Å². The quantitative estimate of drug-likeness (QED) is 0.541. The molecule has 4 nitrogen and oxygen atoms in total. The highest BCUT2D eigenvalue weighted by Gasteiger charge is 2.60. The Morgan fingerprint density at radius 2 is 1.71 bits per heavy atom. The number of hydrogen-bond acceptors (Lipinski definition) is 3. The van der Waals surface area contributed by atoms with E-state index in [9.17, 15) is 14.7 Å². The minimum atomic E-state index is -0.635. The van der Waals surface area contributed by atoms with Crippen LogP contribution in [-0.4, -0.2) is 23.1 Å². The SMILES string of the molecule is CC(=O)O[C@H]1CC[C@@]2(C)C(C=C[C@H]3[C@@H]4CC[C@H](C(C)C(=O)O)[C@@]4(C)CC[C@@H]32)C1. The molecule has 156 valence electrons. The molecule has 0 saturated heterocycles. The Morgan fingerprint density at radius 1 is 1.04 bits per heavy atom. The minimum Gasteiger partial charge on any atom is -0.481 e. The monoisotopic (exact) mass is 388 g/mol. The van der Waals surface area contributed by atoms with Crippen molar-refractivity contribution in [3.63, 3.8) is 0 Å². The van der Waals surface area contributed by atoms with Gasteiger partial charge in [-0.3, -0.25) is 9.59 Å². The first-order chi connectivity index (χ1) is 13.2. The summed E-state index contributed by atoms with van der Waals surface area (Å²) in [5.41, 5.74) is 0.440. The van der Waals surface area contributed by atoms with Gasteiger partial charge in [-0.2, -0.15) is 0 Å². The molecule has 0 aromatic heterocycles. The van der Waals surface area contributed by atoms with Crippen LogP contribution in [0.5, 0.6) is 0 Å². The number of carbonyl (C=O) groups is 2. The second kappa shape index (κ2) is 6.88. The second-order valence-electron chi connectivity index (χ2n) is 10.6. The van der Waals surface area contributed by atoms with E-state index in [4.69, 9.17) is 4.74 Å². The van der Waals surface area contributed by atoms with Crippen LogP contribution >= 0.6 is 0 Å². The maximum Gasteiger partial charge on any atom is 0.306 e. The number of carboxylic acids is 1. The standard InChI is InChI=1S/C24H36O4/c1-14(22(26)27)19-7-8-20-18-6-5-16-13-17(28-15(2)25)9-11-23(16,3)21(18)10-12-24(19,20)4/h5-6,14,16-21H,7-13H2,1-4H3,(H,26,27)/t14?,16?,17-,18-,19+,20-,21-,23-,24+/m0/s1. The molecule has 0 aromatic rings. The Labute approximate surface area is 169 Å². The highest BCUT2D eigenvalue weighted by atomic mass is 16.5. The summed E-state index contributed by atoms with van der Waals surface area (Å²) < 4.78 is 5.54. The predicted octanol–water partition coefficient (Wildman–Crippen LogP) is 5.07. The topological polar surface area (TPSA) is 63.6 Å². The van der Waals surface area contributed by atoms with Gasteiger partial charge in [0.25, 0.3) is 0 Å². The van der Waals surface area contributed by atoms with Crippen LogP contribution < -0.4 is 0 Å². The predicted molar refractivity (Wildman–Crippen MR) is 107 cm³/mol. The lowest BCUT2D eigenvalue weighted by Crippen LogP contribution is -2.52. The van der Waals surface area contributed by atoms with Gasteiger partial charge in [-0.1, -0.05) is 32.9 Å². The van der Waals surface area contributed by atoms with Gasteiger partial charge in [0, 0.05) is 6.92 Å². The number of ether oxygens (including phenoxy) is 1. The van der Waals surface area contributed by atoms with Crippen molar-refractivity contribution in [1.29, 1.82) is 0 Å². The summed E-state index contributed by atoms with van der Waals surface area (Å²) in [4.78, 5) is 23.1. The van der Waals surface area contributed by atoms with Gasteiger partial charge in [-0.15, -0.1) is 0 Å². The van der Waals surface area contributed by atoms with Crippen molar-refractivity contribution in [1.82, 2.24) is 0 Å². The fraction of sp³-hybridized carbons (Fsp3) is 0.833. The van der Waals surface area contributed by atoms with E-state index in [0.29, 0.717) is 29.6 Å². The summed E-state index contributed by atoms with van der Waals surface area (Å²) in [5.74, 6) is 1.61. The highest BCUT2D eigenvalue weighted by molar-refractivity contribution is 5.70. The Balaban J connectivity index is 1.57. The normalized spacial score (nSPS) is 48.1. The van der Waals surface area contributed by atoms with Crippen molar-refractivity contribution < 1.29 is 19.4 Å².